The van der Waals surface area contributed by atoms with E-state index in [0.717, 1.165) is 5.56 Å². The molecule has 0 aliphatic rings. The Kier molecular flexibility index (Phi) is 4.82. The molecule has 106 valence electrons. The highest BCUT2D eigenvalue weighted by atomic mass is 19.1. The number of ether oxygens (including phenoxy) is 3. The highest BCUT2D eigenvalue weighted by Crippen LogP contribution is 2.25. The highest BCUT2D eigenvalue weighted by Gasteiger charge is 2.04. The molecule has 4 heteroatoms. The summed E-state index contributed by atoms with van der Waals surface area (Å²) in [6.07, 6.45) is 0. The van der Waals surface area contributed by atoms with Gasteiger partial charge in [-0.15, -0.1) is 0 Å². The standard InChI is InChI=1S/C16H17FO3/c1-12-11-13(17)7-8-14(12)19-9-10-20-16-6-4-3-5-15(16)18-2/h3-8,11H,9-10H2,1-2H3. The summed E-state index contributed by atoms with van der Waals surface area (Å²) in [5.41, 5.74) is 0.766. The molecule has 0 bridgehead atoms. The Hall–Kier alpha value is -2.23. The summed E-state index contributed by atoms with van der Waals surface area (Å²) in [6, 6.07) is 11.9. The van der Waals surface area contributed by atoms with E-state index >= 15 is 0 Å². The predicted octanol–water partition coefficient (Wildman–Crippen LogP) is 3.60. The van der Waals surface area contributed by atoms with Gasteiger partial charge in [-0.25, -0.2) is 4.39 Å². The predicted molar refractivity (Wildman–Crippen MR) is 75.1 cm³/mol. The SMILES string of the molecule is COc1ccccc1OCCOc1ccc(F)cc1C. The topological polar surface area (TPSA) is 27.7 Å². The van der Waals surface area contributed by atoms with Crippen LogP contribution in [0, 0.1) is 12.7 Å². The first-order chi connectivity index (χ1) is 9.70. The molecule has 0 heterocycles. The number of benzene rings is 2. The molecule has 0 amide bonds. The summed E-state index contributed by atoms with van der Waals surface area (Å²) >= 11 is 0. The third-order valence-corrected chi connectivity index (χ3v) is 2.80. The molecule has 0 aliphatic heterocycles. The van der Waals surface area contributed by atoms with Crippen LogP contribution in [0.15, 0.2) is 42.5 Å². The van der Waals surface area contributed by atoms with Crippen molar-refractivity contribution >= 4 is 0 Å². The van der Waals surface area contributed by atoms with Crippen molar-refractivity contribution in [3.63, 3.8) is 0 Å². The largest absolute Gasteiger partial charge is 0.493 e. The van der Waals surface area contributed by atoms with E-state index in [1.807, 2.05) is 24.3 Å². The molecular weight excluding hydrogens is 259 g/mol. The van der Waals surface area contributed by atoms with Gasteiger partial charge in [-0.3, -0.25) is 0 Å². The number of halogens is 1. The maximum absolute atomic E-state index is 12.9. The third-order valence-electron chi connectivity index (χ3n) is 2.80. The second-order valence-electron chi connectivity index (χ2n) is 4.26. The van der Waals surface area contributed by atoms with Crippen molar-refractivity contribution < 1.29 is 18.6 Å². The summed E-state index contributed by atoms with van der Waals surface area (Å²) in [7, 11) is 1.60. The Labute approximate surface area is 117 Å². The van der Waals surface area contributed by atoms with E-state index in [-0.39, 0.29) is 5.82 Å². The number of hydrogen-bond acceptors (Lipinski definition) is 3. The van der Waals surface area contributed by atoms with Crippen LogP contribution in [0.3, 0.4) is 0 Å². The first-order valence-corrected chi connectivity index (χ1v) is 6.35. The zero-order valence-corrected chi connectivity index (χ0v) is 11.6. The van der Waals surface area contributed by atoms with Crippen molar-refractivity contribution in [3.8, 4) is 17.2 Å². The normalized spacial score (nSPS) is 10.2. The van der Waals surface area contributed by atoms with E-state index in [1.54, 1.807) is 20.1 Å². The molecule has 2 rings (SSSR count). The molecule has 20 heavy (non-hydrogen) atoms. The second kappa shape index (κ2) is 6.80. The molecule has 0 aromatic heterocycles. The van der Waals surface area contributed by atoms with E-state index in [9.17, 15) is 4.39 Å². The van der Waals surface area contributed by atoms with Crippen LogP contribution in [0.5, 0.6) is 17.2 Å². The van der Waals surface area contributed by atoms with Gasteiger partial charge in [0, 0.05) is 0 Å². The van der Waals surface area contributed by atoms with Crippen LogP contribution in [-0.4, -0.2) is 20.3 Å². The summed E-state index contributed by atoms with van der Waals surface area (Å²) in [4.78, 5) is 0. The maximum Gasteiger partial charge on any atom is 0.161 e. The molecule has 0 radical (unpaired) electrons. The molecule has 0 saturated carbocycles. The third kappa shape index (κ3) is 3.63. The molecule has 3 nitrogen and oxygen atoms in total. The van der Waals surface area contributed by atoms with Crippen LogP contribution in [0.4, 0.5) is 4.39 Å². The summed E-state index contributed by atoms with van der Waals surface area (Å²) in [5, 5.41) is 0. The molecule has 0 N–H and O–H groups in total. The zero-order chi connectivity index (χ0) is 14.4. The minimum atomic E-state index is -0.264. The van der Waals surface area contributed by atoms with E-state index in [1.165, 1.54) is 12.1 Å². The van der Waals surface area contributed by atoms with Crippen molar-refractivity contribution in [2.45, 2.75) is 6.92 Å². The lowest BCUT2D eigenvalue weighted by Crippen LogP contribution is -2.10. The first kappa shape index (κ1) is 14.2. The summed E-state index contributed by atoms with van der Waals surface area (Å²) in [6.45, 7) is 2.57. The van der Waals surface area contributed by atoms with E-state index < -0.39 is 0 Å². The number of para-hydroxylation sites is 2. The average Bonchev–Trinajstić information content (AvgIpc) is 2.46. The quantitative estimate of drug-likeness (QED) is 0.754. The zero-order valence-electron chi connectivity index (χ0n) is 11.6. The van der Waals surface area contributed by atoms with Crippen molar-refractivity contribution in [2.24, 2.45) is 0 Å². The average molecular weight is 276 g/mol. The van der Waals surface area contributed by atoms with Crippen molar-refractivity contribution in [1.29, 1.82) is 0 Å². The Balaban J connectivity index is 1.84. The summed E-state index contributed by atoms with van der Waals surface area (Å²) < 4.78 is 29.3. The van der Waals surface area contributed by atoms with Crippen LogP contribution >= 0.6 is 0 Å². The van der Waals surface area contributed by atoms with Crippen LogP contribution in [0.25, 0.3) is 0 Å². The molecule has 0 saturated heterocycles. The molecular formula is C16H17FO3. The van der Waals surface area contributed by atoms with Crippen molar-refractivity contribution in [1.82, 2.24) is 0 Å². The smallest absolute Gasteiger partial charge is 0.161 e. The van der Waals surface area contributed by atoms with Gasteiger partial charge in [0.2, 0.25) is 0 Å². The minimum Gasteiger partial charge on any atom is -0.493 e. The molecule has 0 aliphatic carbocycles. The Morgan fingerprint density at radius 1 is 0.900 bits per heavy atom. The van der Waals surface area contributed by atoms with Gasteiger partial charge in [0.15, 0.2) is 11.5 Å². The number of hydrogen-bond donors (Lipinski definition) is 0. The van der Waals surface area contributed by atoms with Gasteiger partial charge in [0.25, 0.3) is 0 Å². The van der Waals surface area contributed by atoms with E-state index in [2.05, 4.69) is 0 Å². The van der Waals surface area contributed by atoms with Crippen LogP contribution < -0.4 is 14.2 Å². The Bertz CT molecular complexity index is 569. The fourth-order valence-corrected chi connectivity index (χ4v) is 1.82. The monoisotopic (exact) mass is 276 g/mol. The lowest BCUT2D eigenvalue weighted by atomic mass is 10.2. The van der Waals surface area contributed by atoms with Crippen molar-refractivity contribution in [2.75, 3.05) is 20.3 Å². The second-order valence-corrected chi connectivity index (χ2v) is 4.26. The molecule has 0 fully saturated rings. The lowest BCUT2D eigenvalue weighted by molar-refractivity contribution is 0.210. The van der Waals surface area contributed by atoms with Gasteiger partial charge in [-0.1, -0.05) is 12.1 Å². The maximum atomic E-state index is 12.9. The lowest BCUT2D eigenvalue weighted by Gasteiger charge is -2.12. The fourth-order valence-electron chi connectivity index (χ4n) is 1.82. The Morgan fingerprint density at radius 3 is 2.20 bits per heavy atom. The van der Waals surface area contributed by atoms with Crippen LogP contribution in [-0.2, 0) is 0 Å². The highest BCUT2D eigenvalue weighted by molar-refractivity contribution is 5.39. The van der Waals surface area contributed by atoms with Crippen LogP contribution in [0.2, 0.25) is 0 Å². The van der Waals surface area contributed by atoms with Gasteiger partial charge >= 0.3 is 0 Å². The molecule has 0 atom stereocenters. The van der Waals surface area contributed by atoms with Crippen molar-refractivity contribution in [3.05, 3.63) is 53.8 Å². The van der Waals surface area contributed by atoms with E-state index in [4.69, 9.17) is 14.2 Å². The minimum absolute atomic E-state index is 0.264. The van der Waals surface area contributed by atoms with Gasteiger partial charge in [-0.2, -0.15) is 0 Å². The van der Waals surface area contributed by atoms with Gasteiger partial charge in [-0.05, 0) is 42.8 Å². The fraction of sp³-hybridized carbons (Fsp3) is 0.250. The van der Waals surface area contributed by atoms with Gasteiger partial charge < -0.3 is 14.2 Å². The van der Waals surface area contributed by atoms with Gasteiger partial charge in [0.1, 0.15) is 24.8 Å². The number of aryl methyl sites for hydroxylation is 1. The Morgan fingerprint density at radius 2 is 1.55 bits per heavy atom. The molecule has 2 aromatic rings. The summed E-state index contributed by atoms with van der Waals surface area (Å²) in [5.74, 6) is 1.76. The van der Waals surface area contributed by atoms with Gasteiger partial charge in [0.05, 0.1) is 7.11 Å². The van der Waals surface area contributed by atoms with E-state index in [0.29, 0.717) is 30.5 Å². The molecule has 0 unspecified atom stereocenters. The number of rotatable bonds is 6. The number of methoxy groups -OCH3 is 1. The molecule has 0 spiro atoms. The van der Waals surface area contributed by atoms with Crippen LogP contribution in [0.1, 0.15) is 5.56 Å². The molecule has 2 aromatic carbocycles. The first-order valence-electron chi connectivity index (χ1n) is 6.35.